The van der Waals surface area contributed by atoms with E-state index in [0.29, 0.717) is 18.8 Å². The number of rotatable bonds is 6. The minimum atomic E-state index is 0.0679. The maximum absolute atomic E-state index is 11.2. The minimum absolute atomic E-state index is 0.0679. The molecule has 15 heavy (non-hydrogen) atoms. The molecule has 1 heterocycles. The normalized spacial score (nSPS) is 10.3. The first-order chi connectivity index (χ1) is 7.22. The molecule has 0 aliphatic carbocycles. The molecule has 1 aromatic rings. The Labute approximate surface area is 104 Å². The van der Waals surface area contributed by atoms with Gasteiger partial charge in [0.1, 0.15) is 0 Å². The van der Waals surface area contributed by atoms with Crippen LogP contribution in [0.5, 0.6) is 0 Å². The minimum Gasteiger partial charge on any atom is -0.356 e. The predicted molar refractivity (Wildman–Crippen MR) is 66.0 cm³/mol. The maximum Gasteiger partial charge on any atom is 0.220 e. The van der Waals surface area contributed by atoms with E-state index < -0.39 is 0 Å². The van der Waals surface area contributed by atoms with Crippen LogP contribution in [-0.2, 0) is 11.2 Å². The summed E-state index contributed by atoms with van der Waals surface area (Å²) in [4.78, 5) is 12.4. The number of nitrogens with one attached hydrogen (secondary N) is 1. The molecule has 0 radical (unpaired) electrons. The van der Waals surface area contributed by atoms with E-state index in [-0.39, 0.29) is 5.91 Å². The Hall–Kier alpha value is -0.250. The highest BCUT2D eigenvalue weighted by Gasteiger charge is 2.01. The summed E-state index contributed by atoms with van der Waals surface area (Å²) in [6, 6.07) is 3.86. The average Bonchev–Trinajstić information content (AvgIpc) is 2.61. The van der Waals surface area contributed by atoms with E-state index >= 15 is 0 Å². The van der Waals surface area contributed by atoms with Crippen molar-refractivity contribution in [1.82, 2.24) is 5.32 Å². The molecular formula is C10H13Cl2NOS. The molecule has 2 nitrogen and oxygen atoms in total. The van der Waals surface area contributed by atoms with Crippen LogP contribution in [0, 0.1) is 0 Å². The van der Waals surface area contributed by atoms with Crippen LogP contribution >= 0.6 is 34.5 Å². The molecule has 1 rings (SSSR count). The Balaban J connectivity index is 2.13. The van der Waals surface area contributed by atoms with Gasteiger partial charge in [-0.3, -0.25) is 4.79 Å². The average molecular weight is 266 g/mol. The van der Waals surface area contributed by atoms with Gasteiger partial charge in [-0.1, -0.05) is 11.6 Å². The van der Waals surface area contributed by atoms with E-state index in [1.54, 1.807) is 11.3 Å². The van der Waals surface area contributed by atoms with Crippen molar-refractivity contribution in [3.05, 3.63) is 21.3 Å². The zero-order valence-corrected chi connectivity index (χ0v) is 10.6. The number of halogens is 2. The summed E-state index contributed by atoms with van der Waals surface area (Å²) < 4.78 is 0.790. The first kappa shape index (κ1) is 12.8. The zero-order chi connectivity index (χ0) is 11.1. The maximum atomic E-state index is 11.2. The third-order valence-corrected chi connectivity index (χ3v) is 3.42. The van der Waals surface area contributed by atoms with Gasteiger partial charge in [0.05, 0.1) is 4.34 Å². The van der Waals surface area contributed by atoms with E-state index in [2.05, 4.69) is 5.32 Å². The van der Waals surface area contributed by atoms with Gasteiger partial charge in [-0.2, -0.15) is 0 Å². The monoisotopic (exact) mass is 265 g/mol. The van der Waals surface area contributed by atoms with Crippen molar-refractivity contribution < 1.29 is 4.79 Å². The third-order valence-electron chi connectivity index (χ3n) is 1.86. The number of amides is 1. The van der Waals surface area contributed by atoms with Crippen LogP contribution in [0.4, 0.5) is 0 Å². The lowest BCUT2D eigenvalue weighted by molar-refractivity contribution is -0.121. The van der Waals surface area contributed by atoms with Crippen LogP contribution in [0.3, 0.4) is 0 Å². The van der Waals surface area contributed by atoms with Gasteiger partial charge in [-0.15, -0.1) is 22.9 Å². The first-order valence-corrected chi connectivity index (χ1v) is 6.52. The molecular weight excluding hydrogens is 253 g/mol. The summed E-state index contributed by atoms with van der Waals surface area (Å²) in [5.41, 5.74) is 0. The fourth-order valence-electron chi connectivity index (χ4n) is 1.13. The Bertz CT molecular complexity index is 314. The second kappa shape index (κ2) is 7.09. The molecule has 0 unspecified atom stereocenters. The number of alkyl halides is 1. The molecule has 1 N–H and O–H groups in total. The zero-order valence-electron chi connectivity index (χ0n) is 8.26. The van der Waals surface area contributed by atoms with Crippen LogP contribution in [0.25, 0.3) is 0 Å². The number of carbonyl (C=O) groups excluding carboxylic acids is 1. The van der Waals surface area contributed by atoms with Crippen molar-refractivity contribution in [2.45, 2.75) is 19.3 Å². The Morgan fingerprint density at radius 2 is 2.27 bits per heavy atom. The molecule has 0 saturated heterocycles. The summed E-state index contributed by atoms with van der Waals surface area (Å²) in [7, 11) is 0. The van der Waals surface area contributed by atoms with Gasteiger partial charge in [0.15, 0.2) is 0 Å². The van der Waals surface area contributed by atoms with Gasteiger partial charge in [0.2, 0.25) is 5.91 Å². The molecule has 84 valence electrons. The van der Waals surface area contributed by atoms with Gasteiger partial charge in [-0.05, 0) is 25.0 Å². The summed E-state index contributed by atoms with van der Waals surface area (Å²) in [6.45, 7) is 0.665. The molecule has 0 spiro atoms. The summed E-state index contributed by atoms with van der Waals surface area (Å²) in [5, 5.41) is 2.84. The molecule has 0 bridgehead atoms. The second-order valence-electron chi connectivity index (χ2n) is 3.10. The number of hydrogen-bond donors (Lipinski definition) is 1. The van der Waals surface area contributed by atoms with Crippen LogP contribution in [-0.4, -0.2) is 18.3 Å². The lowest BCUT2D eigenvalue weighted by atomic mass is 10.3. The quantitative estimate of drug-likeness (QED) is 0.788. The summed E-state index contributed by atoms with van der Waals surface area (Å²) >= 11 is 12.8. The molecule has 1 amide bonds. The van der Waals surface area contributed by atoms with Gasteiger partial charge in [0.25, 0.3) is 0 Å². The van der Waals surface area contributed by atoms with E-state index in [1.165, 1.54) is 4.88 Å². The van der Waals surface area contributed by atoms with Crippen molar-refractivity contribution in [1.29, 1.82) is 0 Å². The van der Waals surface area contributed by atoms with Crippen LogP contribution in [0.1, 0.15) is 17.7 Å². The Morgan fingerprint density at radius 1 is 1.47 bits per heavy atom. The van der Waals surface area contributed by atoms with Crippen molar-refractivity contribution >= 4 is 40.4 Å². The SMILES string of the molecule is O=C(CCCCl)NCCc1ccc(Cl)s1. The molecule has 0 aliphatic heterocycles. The van der Waals surface area contributed by atoms with E-state index in [4.69, 9.17) is 23.2 Å². The van der Waals surface area contributed by atoms with Crippen molar-refractivity contribution in [3.8, 4) is 0 Å². The van der Waals surface area contributed by atoms with Gasteiger partial charge < -0.3 is 5.32 Å². The van der Waals surface area contributed by atoms with Gasteiger partial charge >= 0.3 is 0 Å². The molecule has 0 aliphatic rings. The topological polar surface area (TPSA) is 29.1 Å². The van der Waals surface area contributed by atoms with Crippen LogP contribution in [0.2, 0.25) is 4.34 Å². The number of carbonyl (C=O) groups is 1. The van der Waals surface area contributed by atoms with Crippen molar-refractivity contribution in [2.75, 3.05) is 12.4 Å². The lowest BCUT2D eigenvalue weighted by Crippen LogP contribution is -2.25. The number of thiophene rings is 1. The number of hydrogen-bond acceptors (Lipinski definition) is 2. The van der Waals surface area contributed by atoms with E-state index in [0.717, 1.165) is 17.2 Å². The van der Waals surface area contributed by atoms with E-state index in [1.807, 2.05) is 12.1 Å². The van der Waals surface area contributed by atoms with Crippen molar-refractivity contribution in [2.24, 2.45) is 0 Å². The molecule has 0 saturated carbocycles. The van der Waals surface area contributed by atoms with Crippen LogP contribution < -0.4 is 5.32 Å². The molecule has 0 aromatic carbocycles. The molecule has 0 atom stereocenters. The Kier molecular flexibility index (Phi) is 6.06. The van der Waals surface area contributed by atoms with Crippen molar-refractivity contribution in [3.63, 3.8) is 0 Å². The second-order valence-corrected chi connectivity index (χ2v) is 5.28. The third kappa shape index (κ3) is 5.40. The highest BCUT2D eigenvalue weighted by atomic mass is 35.5. The lowest BCUT2D eigenvalue weighted by Gasteiger charge is -2.02. The van der Waals surface area contributed by atoms with Gasteiger partial charge in [0, 0.05) is 23.7 Å². The predicted octanol–water partition coefficient (Wildman–Crippen LogP) is 3.08. The molecule has 5 heteroatoms. The van der Waals surface area contributed by atoms with Crippen LogP contribution in [0.15, 0.2) is 12.1 Å². The van der Waals surface area contributed by atoms with E-state index in [9.17, 15) is 4.79 Å². The smallest absolute Gasteiger partial charge is 0.220 e. The fourth-order valence-corrected chi connectivity index (χ4v) is 2.35. The summed E-state index contributed by atoms with van der Waals surface area (Å²) in [5.74, 6) is 0.604. The fraction of sp³-hybridized carbons (Fsp3) is 0.500. The highest BCUT2D eigenvalue weighted by Crippen LogP contribution is 2.21. The Morgan fingerprint density at radius 3 is 2.87 bits per heavy atom. The molecule has 1 aromatic heterocycles. The van der Waals surface area contributed by atoms with Gasteiger partial charge in [-0.25, -0.2) is 0 Å². The highest BCUT2D eigenvalue weighted by molar-refractivity contribution is 7.16. The first-order valence-electron chi connectivity index (χ1n) is 4.79. The largest absolute Gasteiger partial charge is 0.356 e. The summed E-state index contributed by atoms with van der Waals surface area (Å²) in [6.07, 6.45) is 2.08. The molecule has 0 fully saturated rings. The standard InChI is InChI=1S/C10H13Cl2NOS/c11-6-1-2-10(14)13-7-5-8-3-4-9(12)15-8/h3-4H,1-2,5-7H2,(H,13,14).